The molecule has 0 radical (unpaired) electrons. The molecule has 2 heterocycles. The van der Waals surface area contributed by atoms with Crippen molar-refractivity contribution < 1.29 is 9.47 Å². The predicted molar refractivity (Wildman–Crippen MR) is 63.4 cm³/mol. The van der Waals surface area contributed by atoms with E-state index >= 15 is 0 Å². The first-order chi connectivity index (χ1) is 7.71. The highest BCUT2D eigenvalue weighted by molar-refractivity contribution is 5.10. The highest BCUT2D eigenvalue weighted by Gasteiger charge is 2.60. The van der Waals surface area contributed by atoms with Crippen LogP contribution in [0.15, 0.2) is 11.6 Å². The molecule has 0 N–H and O–H groups in total. The topological polar surface area (TPSA) is 25.1 Å². The summed E-state index contributed by atoms with van der Waals surface area (Å²) < 4.78 is 11.6. The molecule has 0 aromatic rings. The lowest BCUT2D eigenvalue weighted by atomic mass is 9.76. The molecule has 0 aromatic carbocycles. The second-order valence-corrected chi connectivity index (χ2v) is 5.86. The van der Waals surface area contributed by atoms with Gasteiger partial charge in [0, 0.05) is 5.92 Å². The summed E-state index contributed by atoms with van der Waals surface area (Å²) in [7, 11) is 0. The second kappa shape index (κ2) is 3.85. The van der Waals surface area contributed by atoms with Crippen LogP contribution in [0.3, 0.4) is 0 Å². The maximum Gasteiger partial charge on any atom is 0.0970 e. The van der Waals surface area contributed by atoms with E-state index in [0.717, 1.165) is 13.0 Å². The molecule has 0 amide bonds. The minimum atomic E-state index is 0.253. The number of ether oxygens (including phenoxy) is 2. The Labute approximate surface area is 98.0 Å². The number of allylic oxidation sites excluding steroid dienone is 1. The predicted octanol–water partition coefficient (Wildman–Crippen LogP) is 3.07. The quantitative estimate of drug-likeness (QED) is 0.541. The Balaban J connectivity index is 1.57. The van der Waals surface area contributed by atoms with Gasteiger partial charge < -0.3 is 9.47 Å². The van der Waals surface area contributed by atoms with Gasteiger partial charge in [0.25, 0.3) is 0 Å². The molecule has 1 aliphatic carbocycles. The molecule has 0 aromatic heterocycles. The van der Waals surface area contributed by atoms with Crippen molar-refractivity contribution in [2.45, 2.75) is 63.8 Å². The van der Waals surface area contributed by atoms with Gasteiger partial charge in [-0.1, -0.05) is 24.5 Å². The first-order valence-electron chi connectivity index (χ1n) is 6.64. The summed E-state index contributed by atoms with van der Waals surface area (Å²) in [5.41, 5.74) is 1.65. The fourth-order valence-electron chi connectivity index (χ4n) is 3.20. The molecule has 0 bridgehead atoms. The average Bonchev–Trinajstić information content (AvgIpc) is 3.14. The molecule has 1 saturated carbocycles. The molecule has 3 unspecified atom stereocenters. The lowest BCUT2D eigenvalue weighted by molar-refractivity contribution is 0.130. The van der Waals surface area contributed by atoms with Crippen LogP contribution in [0.25, 0.3) is 0 Å². The smallest absolute Gasteiger partial charge is 0.0970 e. The largest absolute Gasteiger partial charge is 0.369 e. The summed E-state index contributed by atoms with van der Waals surface area (Å²) in [6.45, 7) is 5.31. The van der Waals surface area contributed by atoms with Crippen LogP contribution in [0.5, 0.6) is 0 Å². The fraction of sp³-hybridized carbons (Fsp3) is 0.857. The van der Waals surface area contributed by atoms with Crippen LogP contribution >= 0.6 is 0 Å². The van der Waals surface area contributed by atoms with Crippen molar-refractivity contribution in [3.8, 4) is 0 Å². The van der Waals surface area contributed by atoms with Crippen LogP contribution in [0.1, 0.15) is 46.0 Å². The Hall–Kier alpha value is -0.340. The van der Waals surface area contributed by atoms with Crippen LogP contribution in [-0.4, -0.2) is 24.4 Å². The molecule has 3 rings (SSSR count). The molecule has 1 spiro atoms. The molecule has 2 heteroatoms. The highest BCUT2D eigenvalue weighted by atomic mass is 16.6. The monoisotopic (exact) mass is 222 g/mol. The molecular weight excluding hydrogens is 200 g/mol. The SMILES string of the molecule is CC(C)=CCC1O[C@@H]1C1CCCCC12CO2. The third-order valence-electron chi connectivity index (χ3n) is 4.33. The van der Waals surface area contributed by atoms with Crippen LogP contribution in [0.2, 0.25) is 0 Å². The Kier molecular flexibility index (Phi) is 2.60. The van der Waals surface area contributed by atoms with E-state index in [9.17, 15) is 0 Å². The van der Waals surface area contributed by atoms with E-state index in [1.54, 1.807) is 0 Å². The van der Waals surface area contributed by atoms with Crippen molar-refractivity contribution in [1.29, 1.82) is 0 Å². The van der Waals surface area contributed by atoms with Gasteiger partial charge in [-0.3, -0.25) is 0 Å². The van der Waals surface area contributed by atoms with Crippen molar-refractivity contribution in [2.24, 2.45) is 5.92 Å². The third-order valence-corrected chi connectivity index (χ3v) is 4.33. The Bertz CT molecular complexity index is 300. The summed E-state index contributed by atoms with van der Waals surface area (Å²) >= 11 is 0. The van der Waals surface area contributed by atoms with Crippen molar-refractivity contribution in [2.75, 3.05) is 6.61 Å². The Morgan fingerprint density at radius 1 is 1.38 bits per heavy atom. The van der Waals surface area contributed by atoms with Gasteiger partial charge >= 0.3 is 0 Å². The lowest BCUT2D eigenvalue weighted by Gasteiger charge is -2.27. The Morgan fingerprint density at radius 3 is 2.88 bits per heavy atom. The average molecular weight is 222 g/mol. The van der Waals surface area contributed by atoms with Gasteiger partial charge in [0.2, 0.25) is 0 Å². The second-order valence-electron chi connectivity index (χ2n) is 5.86. The van der Waals surface area contributed by atoms with Crippen LogP contribution in [0.4, 0.5) is 0 Å². The molecule has 3 fully saturated rings. The van der Waals surface area contributed by atoms with E-state index in [1.807, 2.05) is 0 Å². The molecule has 90 valence electrons. The molecule has 16 heavy (non-hydrogen) atoms. The first-order valence-corrected chi connectivity index (χ1v) is 6.64. The van der Waals surface area contributed by atoms with Crippen molar-refractivity contribution in [1.82, 2.24) is 0 Å². The van der Waals surface area contributed by atoms with E-state index in [0.29, 0.717) is 18.1 Å². The van der Waals surface area contributed by atoms with E-state index in [-0.39, 0.29) is 5.60 Å². The maximum atomic E-state index is 5.86. The van der Waals surface area contributed by atoms with Crippen molar-refractivity contribution in [3.05, 3.63) is 11.6 Å². The molecule has 4 atom stereocenters. The van der Waals surface area contributed by atoms with E-state index in [2.05, 4.69) is 19.9 Å². The zero-order chi connectivity index (χ0) is 11.2. The van der Waals surface area contributed by atoms with E-state index < -0.39 is 0 Å². The van der Waals surface area contributed by atoms with E-state index in [4.69, 9.17) is 9.47 Å². The van der Waals surface area contributed by atoms with E-state index in [1.165, 1.54) is 31.3 Å². The summed E-state index contributed by atoms with van der Waals surface area (Å²) in [6.07, 6.45) is 9.68. The first kappa shape index (κ1) is 10.8. The molecule has 2 aliphatic heterocycles. The number of hydrogen-bond donors (Lipinski definition) is 0. The highest BCUT2D eigenvalue weighted by Crippen LogP contribution is 2.52. The van der Waals surface area contributed by atoms with Gasteiger partial charge in [-0.2, -0.15) is 0 Å². The summed E-state index contributed by atoms with van der Waals surface area (Å²) in [5.74, 6) is 0.691. The minimum Gasteiger partial charge on any atom is -0.369 e. The summed E-state index contributed by atoms with van der Waals surface area (Å²) in [4.78, 5) is 0. The number of epoxide rings is 2. The van der Waals surface area contributed by atoms with Gasteiger partial charge in [0.05, 0.1) is 24.4 Å². The normalized spacial score (nSPS) is 45.5. The maximum absolute atomic E-state index is 5.86. The Morgan fingerprint density at radius 2 is 2.19 bits per heavy atom. The molecule has 2 nitrogen and oxygen atoms in total. The van der Waals surface area contributed by atoms with Gasteiger partial charge in [-0.05, 0) is 33.1 Å². The zero-order valence-corrected chi connectivity index (χ0v) is 10.4. The number of rotatable bonds is 3. The van der Waals surface area contributed by atoms with Crippen molar-refractivity contribution >= 4 is 0 Å². The van der Waals surface area contributed by atoms with Crippen LogP contribution in [0, 0.1) is 5.92 Å². The molecule has 3 aliphatic rings. The summed E-state index contributed by atoms with van der Waals surface area (Å²) in [5, 5.41) is 0. The van der Waals surface area contributed by atoms with Crippen LogP contribution < -0.4 is 0 Å². The zero-order valence-electron chi connectivity index (χ0n) is 10.4. The lowest BCUT2D eigenvalue weighted by Crippen LogP contribution is -2.33. The summed E-state index contributed by atoms with van der Waals surface area (Å²) in [6, 6.07) is 0. The van der Waals surface area contributed by atoms with Gasteiger partial charge in [-0.25, -0.2) is 0 Å². The van der Waals surface area contributed by atoms with Gasteiger partial charge in [0.1, 0.15) is 0 Å². The standard InChI is InChI=1S/C14H22O2/c1-10(2)6-7-12-13(16-12)11-5-3-4-8-14(11)9-15-14/h6,11-13H,3-5,7-9H2,1-2H3/t11?,12?,13-,14?/m1/s1. The van der Waals surface area contributed by atoms with Gasteiger partial charge in [-0.15, -0.1) is 0 Å². The molecule has 2 saturated heterocycles. The fourth-order valence-corrected chi connectivity index (χ4v) is 3.20. The van der Waals surface area contributed by atoms with Gasteiger partial charge in [0.15, 0.2) is 0 Å². The minimum absolute atomic E-state index is 0.253. The third kappa shape index (κ3) is 1.93. The number of hydrogen-bond acceptors (Lipinski definition) is 2. The molecular formula is C14H22O2. The van der Waals surface area contributed by atoms with Crippen molar-refractivity contribution in [3.63, 3.8) is 0 Å². The van der Waals surface area contributed by atoms with Crippen LogP contribution in [-0.2, 0) is 9.47 Å².